The van der Waals surface area contributed by atoms with Crippen molar-refractivity contribution in [1.82, 2.24) is 25.6 Å². The molecule has 2 N–H and O–H groups in total. The van der Waals surface area contributed by atoms with Crippen LogP contribution in [0.4, 0.5) is 4.79 Å². The maximum absolute atomic E-state index is 14.5. The Morgan fingerprint density at radius 1 is 0.740 bits per heavy atom. The molecule has 0 saturated heterocycles. The Bertz CT molecular complexity index is 1700. The molecular weight excluding hydrogens is 634 g/mol. The van der Waals surface area contributed by atoms with E-state index in [2.05, 4.69) is 10.7 Å². The second-order valence-corrected chi connectivity index (χ2v) is 14.2. The van der Waals surface area contributed by atoms with E-state index in [-0.39, 0.29) is 12.8 Å². The van der Waals surface area contributed by atoms with Crippen LogP contribution in [0.25, 0.3) is 10.8 Å². The lowest BCUT2D eigenvalue weighted by Gasteiger charge is -2.35. The van der Waals surface area contributed by atoms with Crippen LogP contribution in [0.2, 0.25) is 0 Å². The van der Waals surface area contributed by atoms with Gasteiger partial charge in [-0.25, -0.2) is 4.79 Å². The highest BCUT2D eigenvalue weighted by Crippen LogP contribution is 2.21. The molecule has 0 spiro atoms. The van der Waals surface area contributed by atoms with Crippen molar-refractivity contribution >= 4 is 40.5 Å². The molecule has 0 aromatic heterocycles. The number of nitrogens with zero attached hydrogens (tertiary/aromatic N) is 3. The number of alkyl carbamates (subject to hydrolysis) is 1. The summed E-state index contributed by atoms with van der Waals surface area (Å²) in [5, 5.41) is 5.94. The summed E-state index contributed by atoms with van der Waals surface area (Å²) in [7, 11) is 4.54. The fraction of sp³-hybridized carbons (Fsp3) is 0.410. The van der Waals surface area contributed by atoms with Crippen LogP contribution in [-0.4, -0.2) is 88.9 Å². The number of benzene rings is 3. The minimum atomic E-state index is -0.986. The van der Waals surface area contributed by atoms with E-state index in [1.165, 1.54) is 29.8 Å². The number of likely N-dealkylation sites (N-methyl/N-ethyl adjacent to an activating group) is 3. The van der Waals surface area contributed by atoms with Gasteiger partial charge in [0.25, 0.3) is 5.91 Å². The molecule has 2 atom stereocenters. The zero-order valence-corrected chi connectivity index (χ0v) is 30.7. The Morgan fingerprint density at radius 2 is 1.32 bits per heavy atom. The first-order valence-corrected chi connectivity index (χ1v) is 16.6. The summed E-state index contributed by atoms with van der Waals surface area (Å²) in [6.07, 6.45) is 3.16. The normalized spacial score (nSPS) is 12.9. The number of nitrogens with one attached hydrogen (secondary N) is 2. The number of carbonyl (C=O) groups is 5. The van der Waals surface area contributed by atoms with Gasteiger partial charge in [0.1, 0.15) is 17.7 Å². The van der Waals surface area contributed by atoms with E-state index in [4.69, 9.17) is 4.74 Å². The van der Waals surface area contributed by atoms with E-state index in [0.29, 0.717) is 6.42 Å². The molecule has 11 nitrogen and oxygen atoms in total. The van der Waals surface area contributed by atoms with Gasteiger partial charge in [-0.05, 0) is 69.0 Å². The third kappa shape index (κ3) is 11.7. The third-order valence-corrected chi connectivity index (χ3v) is 8.10. The summed E-state index contributed by atoms with van der Waals surface area (Å²) < 4.78 is 5.37. The maximum atomic E-state index is 14.5. The second-order valence-electron chi connectivity index (χ2n) is 14.2. The fourth-order valence-electron chi connectivity index (χ4n) is 5.47. The van der Waals surface area contributed by atoms with Gasteiger partial charge < -0.3 is 19.9 Å². The number of ether oxygens (including phenoxy) is 1. The Kier molecular flexibility index (Phi) is 13.3. The molecule has 11 heteroatoms. The largest absolute Gasteiger partial charge is 0.444 e. The van der Waals surface area contributed by atoms with Crippen molar-refractivity contribution in [2.45, 2.75) is 84.0 Å². The Morgan fingerprint density at radius 3 is 1.94 bits per heavy atom. The standard InChI is InChI=1S/C39H51N5O6/c1-27(45)41-44(9)36(48)33(25-28-16-11-10-12-17-28)43(8)35(47)32(26-29-21-22-30-18-13-14-19-31(30)24-29)42(7)34(46)20-15-23-39(5,6)40-37(49)50-38(2,3)4/h10-22,24,32-33H,23,25-26H2,1-9H3,(H,40,49)(H,41,45)/t32-,33-/m1/s1. The predicted molar refractivity (Wildman–Crippen MR) is 195 cm³/mol. The van der Waals surface area contributed by atoms with Crippen molar-refractivity contribution in [3.63, 3.8) is 0 Å². The van der Waals surface area contributed by atoms with Crippen LogP contribution >= 0.6 is 0 Å². The van der Waals surface area contributed by atoms with Gasteiger partial charge in [0, 0.05) is 46.4 Å². The lowest BCUT2D eigenvalue weighted by atomic mass is 9.98. The van der Waals surface area contributed by atoms with Gasteiger partial charge in [-0.1, -0.05) is 78.9 Å². The van der Waals surface area contributed by atoms with Gasteiger partial charge >= 0.3 is 6.09 Å². The molecule has 0 aliphatic carbocycles. The lowest BCUT2D eigenvalue weighted by molar-refractivity contribution is -0.151. The fourth-order valence-corrected chi connectivity index (χ4v) is 5.47. The van der Waals surface area contributed by atoms with Crippen LogP contribution in [0.3, 0.4) is 0 Å². The van der Waals surface area contributed by atoms with E-state index in [9.17, 15) is 24.0 Å². The number of hydrogen-bond donors (Lipinski definition) is 2. The highest BCUT2D eigenvalue weighted by molar-refractivity contribution is 5.95. The van der Waals surface area contributed by atoms with Crippen molar-refractivity contribution < 1.29 is 28.7 Å². The zero-order chi connectivity index (χ0) is 37.2. The summed E-state index contributed by atoms with van der Waals surface area (Å²) in [6.45, 7) is 10.3. The van der Waals surface area contributed by atoms with E-state index in [1.807, 2.05) is 86.6 Å². The Labute approximate surface area is 295 Å². The Balaban J connectivity index is 1.93. The van der Waals surface area contributed by atoms with E-state index < -0.39 is 52.9 Å². The topological polar surface area (TPSA) is 128 Å². The van der Waals surface area contributed by atoms with E-state index in [0.717, 1.165) is 26.9 Å². The molecule has 268 valence electrons. The minimum Gasteiger partial charge on any atom is -0.444 e. The molecule has 50 heavy (non-hydrogen) atoms. The number of rotatable bonds is 12. The average molecular weight is 686 g/mol. The van der Waals surface area contributed by atoms with E-state index >= 15 is 0 Å². The first-order chi connectivity index (χ1) is 23.4. The number of fused-ring (bicyclic) bond motifs is 1. The van der Waals surface area contributed by atoms with Crippen molar-refractivity contribution in [2.75, 3.05) is 21.1 Å². The minimum absolute atomic E-state index is 0.184. The monoisotopic (exact) mass is 685 g/mol. The highest BCUT2D eigenvalue weighted by Gasteiger charge is 2.36. The summed E-state index contributed by atoms with van der Waals surface area (Å²) in [5.74, 6) is -1.78. The molecule has 0 bridgehead atoms. The van der Waals surface area contributed by atoms with Crippen molar-refractivity contribution in [3.05, 3.63) is 96.1 Å². The van der Waals surface area contributed by atoms with Crippen molar-refractivity contribution in [3.8, 4) is 0 Å². The maximum Gasteiger partial charge on any atom is 0.408 e. The van der Waals surface area contributed by atoms with Crippen LogP contribution in [0.15, 0.2) is 84.9 Å². The molecule has 0 saturated carbocycles. The summed E-state index contributed by atoms with van der Waals surface area (Å²) in [4.78, 5) is 68.8. The lowest BCUT2D eigenvalue weighted by Crippen LogP contribution is -2.58. The Hall–Kier alpha value is -5.19. The van der Waals surface area contributed by atoms with Gasteiger partial charge in [-0.2, -0.15) is 0 Å². The average Bonchev–Trinajstić information content (AvgIpc) is 3.03. The quantitative estimate of drug-likeness (QED) is 0.203. The smallest absolute Gasteiger partial charge is 0.408 e. The first kappa shape index (κ1) is 39.3. The SMILES string of the molecule is CC(=O)NN(C)C(=O)[C@@H](Cc1ccccc1)N(C)C(=O)[C@@H](Cc1ccc2ccccc2c1)N(C)C(=O)C=CCC(C)(C)NC(=O)OC(C)(C)C. The third-order valence-electron chi connectivity index (χ3n) is 8.10. The molecule has 0 heterocycles. The second kappa shape index (κ2) is 17.0. The van der Waals surface area contributed by atoms with Crippen molar-refractivity contribution in [2.24, 2.45) is 0 Å². The van der Waals surface area contributed by atoms with Gasteiger partial charge in [0.05, 0.1) is 0 Å². The van der Waals surface area contributed by atoms with Crippen LogP contribution in [0, 0.1) is 0 Å². The summed E-state index contributed by atoms with van der Waals surface area (Å²) >= 11 is 0. The summed E-state index contributed by atoms with van der Waals surface area (Å²) in [5.41, 5.74) is 2.77. The van der Waals surface area contributed by atoms with Crippen LogP contribution in [0.1, 0.15) is 59.1 Å². The van der Waals surface area contributed by atoms with Gasteiger partial charge in [0.15, 0.2) is 0 Å². The molecule has 0 unspecified atom stereocenters. The van der Waals surface area contributed by atoms with Gasteiger partial charge in [-0.3, -0.25) is 29.6 Å². The molecule has 0 aliphatic rings. The molecule has 0 radical (unpaired) electrons. The predicted octanol–water partition coefficient (Wildman–Crippen LogP) is 5.04. The van der Waals surface area contributed by atoms with Crippen LogP contribution in [0.5, 0.6) is 0 Å². The number of carbonyl (C=O) groups excluding carboxylic acids is 5. The first-order valence-electron chi connectivity index (χ1n) is 16.6. The molecule has 0 aliphatic heterocycles. The van der Waals surface area contributed by atoms with Crippen molar-refractivity contribution in [1.29, 1.82) is 0 Å². The van der Waals surface area contributed by atoms with Crippen LogP contribution in [-0.2, 0) is 36.8 Å². The number of hydrazine groups is 1. The zero-order valence-electron chi connectivity index (χ0n) is 30.7. The summed E-state index contributed by atoms with van der Waals surface area (Å²) in [6, 6.07) is 21.1. The molecule has 5 amide bonds. The number of amides is 5. The molecule has 0 fully saturated rings. The van der Waals surface area contributed by atoms with E-state index in [1.54, 1.807) is 40.9 Å². The molecule has 3 aromatic rings. The molecular formula is C39H51N5O6. The van der Waals surface area contributed by atoms with Gasteiger partial charge in [0.2, 0.25) is 17.7 Å². The van der Waals surface area contributed by atoms with Crippen LogP contribution < -0.4 is 10.7 Å². The molecule has 3 aromatic carbocycles. The van der Waals surface area contributed by atoms with Gasteiger partial charge in [-0.15, -0.1) is 0 Å². The number of hydrogen-bond acceptors (Lipinski definition) is 6. The molecule has 3 rings (SSSR count). The highest BCUT2D eigenvalue weighted by atomic mass is 16.6.